The lowest BCUT2D eigenvalue weighted by molar-refractivity contribution is -0.138. The number of carbonyl (C=O) groups is 1. The minimum absolute atomic E-state index is 0.211. The average Bonchev–Trinajstić information content (AvgIpc) is 2.33. The molecule has 1 N–H and O–H groups in total. The van der Waals surface area contributed by atoms with Crippen LogP contribution in [0.1, 0.15) is 26.7 Å². The van der Waals surface area contributed by atoms with Crippen LogP contribution in [0.25, 0.3) is 0 Å². The van der Waals surface area contributed by atoms with Crippen LogP contribution < -0.4 is 0 Å². The molecular weight excluding hydrogens is 154 g/mol. The Morgan fingerprint density at radius 3 is 2.83 bits per heavy atom. The van der Waals surface area contributed by atoms with Crippen molar-refractivity contribution in [2.45, 2.75) is 32.7 Å². The van der Waals surface area contributed by atoms with Crippen molar-refractivity contribution in [2.75, 3.05) is 13.1 Å². The van der Waals surface area contributed by atoms with Crippen molar-refractivity contribution in [3.05, 3.63) is 0 Å². The molecule has 0 aromatic rings. The second-order valence-electron chi connectivity index (χ2n) is 3.82. The molecule has 1 unspecified atom stereocenters. The molecule has 3 nitrogen and oxygen atoms in total. The van der Waals surface area contributed by atoms with E-state index in [1.54, 1.807) is 0 Å². The number of rotatable bonds is 3. The van der Waals surface area contributed by atoms with E-state index in [2.05, 4.69) is 18.7 Å². The van der Waals surface area contributed by atoms with Crippen LogP contribution >= 0.6 is 0 Å². The molecule has 0 radical (unpaired) electrons. The van der Waals surface area contributed by atoms with E-state index in [1.807, 2.05) is 0 Å². The normalized spacial score (nSPS) is 25.1. The molecule has 1 heterocycles. The van der Waals surface area contributed by atoms with Gasteiger partial charge in [0.2, 0.25) is 0 Å². The molecule has 0 aliphatic carbocycles. The molecule has 12 heavy (non-hydrogen) atoms. The van der Waals surface area contributed by atoms with Gasteiger partial charge in [0.15, 0.2) is 0 Å². The topological polar surface area (TPSA) is 40.5 Å². The van der Waals surface area contributed by atoms with Gasteiger partial charge in [0, 0.05) is 6.04 Å². The third kappa shape index (κ3) is 2.21. The average molecular weight is 171 g/mol. The van der Waals surface area contributed by atoms with Gasteiger partial charge in [0.25, 0.3) is 0 Å². The molecule has 1 aliphatic rings. The zero-order valence-electron chi connectivity index (χ0n) is 7.79. The van der Waals surface area contributed by atoms with Crippen molar-refractivity contribution in [1.82, 2.24) is 4.90 Å². The van der Waals surface area contributed by atoms with Gasteiger partial charge in [0.1, 0.15) is 0 Å². The van der Waals surface area contributed by atoms with Crippen molar-refractivity contribution >= 4 is 5.97 Å². The number of hydrogen-bond donors (Lipinski definition) is 1. The van der Waals surface area contributed by atoms with E-state index < -0.39 is 5.97 Å². The largest absolute Gasteiger partial charge is 0.480 e. The molecule has 1 saturated heterocycles. The van der Waals surface area contributed by atoms with Crippen molar-refractivity contribution in [1.29, 1.82) is 0 Å². The molecule has 0 aromatic carbocycles. The maximum Gasteiger partial charge on any atom is 0.317 e. The summed E-state index contributed by atoms with van der Waals surface area (Å²) in [5.74, 6) is -0.130. The molecule has 1 aliphatic heterocycles. The monoisotopic (exact) mass is 171 g/mol. The van der Waals surface area contributed by atoms with Crippen molar-refractivity contribution in [3.63, 3.8) is 0 Å². The SMILES string of the molecule is CC(C)C1CCCN1CC(=O)O. The Bertz CT molecular complexity index is 168. The maximum atomic E-state index is 10.5. The zero-order valence-corrected chi connectivity index (χ0v) is 7.79. The molecule has 1 fully saturated rings. The summed E-state index contributed by atoms with van der Waals surface area (Å²) in [7, 11) is 0. The lowest BCUT2D eigenvalue weighted by Crippen LogP contribution is -2.37. The smallest absolute Gasteiger partial charge is 0.317 e. The third-order valence-electron chi connectivity index (χ3n) is 2.52. The first kappa shape index (κ1) is 9.52. The highest BCUT2D eigenvalue weighted by molar-refractivity contribution is 5.69. The van der Waals surface area contributed by atoms with Gasteiger partial charge in [-0.25, -0.2) is 0 Å². The number of carboxylic acid groups (broad SMARTS) is 1. The van der Waals surface area contributed by atoms with E-state index in [9.17, 15) is 4.79 Å². The fourth-order valence-electron chi connectivity index (χ4n) is 1.98. The second kappa shape index (κ2) is 3.90. The minimum atomic E-state index is -0.706. The van der Waals surface area contributed by atoms with Gasteiger partial charge in [0.05, 0.1) is 6.54 Å². The molecule has 70 valence electrons. The van der Waals surface area contributed by atoms with E-state index in [0.717, 1.165) is 19.4 Å². The molecule has 0 aromatic heterocycles. The Morgan fingerprint density at radius 1 is 1.67 bits per heavy atom. The molecule has 0 bridgehead atoms. The predicted molar refractivity (Wildman–Crippen MR) is 47.1 cm³/mol. The number of aliphatic carboxylic acids is 1. The van der Waals surface area contributed by atoms with Gasteiger partial charge in [-0.05, 0) is 25.3 Å². The maximum absolute atomic E-state index is 10.5. The Kier molecular flexibility index (Phi) is 3.09. The van der Waals surface area contributed by atoms with Crippen LogP contribution in [0.15, 0.2) is 0 Å². The molecule has 1 rings (SSSR count). The van der Waals surface area contributed by atoms with E-state index in [4.69, 9.17) is 5.11 Å². The van der Waals surface area contributed by atoms with Gasteiger partial charge >= 0.3 is 5.97 Å². The van der Waals surface area contributed by atoms with Crippen LogP contribution in [0.5, 0.6) is 0 Å². The van der Waals surface area contributed by atoms with E-state index in [-0.39, 0.29) is 6.54 Å². The first-order valence-corrected chi connectivity index (χ1v) is 4.57. The summed E-state index contributed by atoms with van der Waals surface area (Å²) >= 11 is 0. The second-order valence-corrected chi connectivity index (χ2v) is 3.82. The van der Waals surface area contributed by atoms with E-state index in [0.29, 0.717) is 12.0 Å². The minimum Gasteiger partial charge on any atom is -0.480 e. The summed E-state index contributed by atoms with van der Waals surface area (Å²) in [5, 5.41) is 8.63. The fourth-order valence-corrected chi connectivity index (χ4v) is 1.98. The van der Waals surface area contributed by atoms with Crippen LogP contribution in [0.2, 0.25) is 0 Å². The highest BCUT2D eigenvalue weighted by Gasteiger charge is 2.27. The lowest BCUT2D eigenvalue weighted by Gasteiger charge is -2.25. The summed E-state index contributed by atoms with van der Waals surface area (Å²) in [6.07, 6.45) is 2.31. The number of carboxylic acids is 1. The van der Waals surface area contributed by atoms with Gasteiger partial charge in [-0.15, -0.1) is 0 Å². The van der Waals surface area contributed by atoms with E-state index >= 15 is 0 Å². The summed E-state index contributed by atoms with van der Waals surface area (Å²) in [5.41, 5.74) is 0. The molecule has 0 saturated carbocycles. The zero-order chi connectivity index (χ0) is 9.14. The van der Waals surface area contributed by atoms with Crippen LogP contribution in [-0.2, 0) is 4.79 Å². The van der Waals surface area contributed by atoms with Crippen molar-refractivity contribution in [3.8, 4) is 0 Å². The first-order valence-electron chi connectivity index (χ1n) is 4.57. The Labute approximate surface area is 73.4 Å². The Hall–Kier alpha value is -0.570. The summed E-state index contributed by atoms with van der Waals surface area (Å²) in [6, 6.07) is 0.487. The highest BCUT2D eigenvalue weighted by Crippen LogP contribution is 2.22. The molecule has 0 amide bonds. The van der Waals surface area contributed by atoms with Crippen LogP contribution in [0.3, 0.4) is 0 Å². The highest BCUT2D eigenvalue weighted by atomic mass is 16.4. The van der Waals surface area contributed by atoms with Gasteiger partial charge in [-0.2, -0.15) is 0 Å². The van der Waals surface area contributed by atoms with Crippen molar-refractivity contribution in [2.24, 2.45) is 5.92 Å². The Morgan fingerprint density at radius 2 is 2.33 bits per heavy atom. The standard InChI is InChI=1S/C9H17NO2/c1-7(2)8-4-3-5-10(8)6-9(11)12/h7-8H,3-6H2,1-2H3,(H,11,12). The summed E-state index contributed by atoms with van der Waals surface area (Å²) in [4.78, 5) is 12.6. The number of likely N-dealkylation sites (tertiary alicyclic amines) is 1. The number of nitrogens with zero attached hydrogens (tertiary/aromatic N) is 1. The molecule has 0 spiro atoms. The van der Waals surface area contributed by atoms with Crippen LogP contribution in [-0.4, -0.2) is 35.1 Å². The Balaban J connectivity index is 2.46. The summed E-state index contributed by atoms with van der Waals surface area (Å²) in [6.45, 7) is 5.48. The number of hydrogen-bond acceptors (Lipinski definition) is 2. The fraction of sp³-hybridized carbons (Fsp3) is 0.889. The lowest BCUT2D eigenvalue weighted by atomic mass is 10.0. The first-order chi connectivity index (χ1) is 5.61. The predicted octanol–water partition coefficient (Wildman–Crippen LogP) is 1.19. The molecule has 1 atom stereocenters. The van der Waals surface area contributed by atoms with Crippen LogP contribution in [0, 0.1) is 5.92 Å². The van der Waals surface area contributed by atoms with Crippen molar-refractivity contribution < 1.29 is 9.90 Å². The third-order valence-corrected chi connectivity index (χ3v) is 2.52. The quantitative estimate of drug-likeness (QED) is 0.693. The van der Waals surface area contributed by atoms with Gasteiger partial charge in [-0.1, -0.05) is 13.8 Å². The molecule has 3 heteroatoms. The summed E-state index contributed by atoms with van der Waals surface area (Å²) < 4.78 is 0. The van der Waals surface area contributed by atoms with Gasteiger partial charge < -0.3 is 5.11 Å². The molecular formula is C9H17NO2. The van der Waals surface area contributed by atoms with E-state index in [1.165, 1.54) is 0 Å². The van der Waals surface area contributed by atoms with Crippen LogP contribution in [0.4, 0.5) is 0 Å². The van der Waals surface area contributed by atoms with Gasteiger partial charge in [-0.3, -0.25) is 9.69 Å².